The molecule has 1 aromatic carbocycles. The monoisotopic (exact) mass is 249 g/mol. The topological polar surface area (TPSA) is 32.7 Å². The predicted octanol–water partition coefficient (Wildman–Crippen LogP) is 2.08. The Bertz CT molecular complexity index is 342. The summed E-state index contributed by atoms with van der Waals surface area (Å²) < 4.78 is 5.94. The summed E-state index contributed by atoms with van der Waals surface area (Å²) in [4.78, 5) is 2.31. The van der Waals surface area contributed by atoms with Crippen LogP contribution < -0.4 is 4.74 Å². The molecule has 100 valence electrons. The van der Waals surface area contributed by atoms with Crippen molar-refractivity contribution in [1.82, 2.24) is 4.90 Å². The highest BCUT2D eigenvalue weighted by atomic mass is 16.5. The fourth-order valence-electron chi connectivity index (χ4n) is 2.46. The van der Waals surface area contributed by atoms with Gasteiger partial charge in [-0.1, -0.05) is 31.5 Å². The van der Waals surface area contributed by atoms with Crippen molar-refractivity contribution in [2.75, 3.05) is 26.2 Å². The van der Waals surface area contributed by atoms with E-state index in [1.807, 2.05) is 12.1 Å². The van der Waals surface area contributed by atoms with Gasteiger partial charge >= 0.3 is 0 Å². The average molecular weight is 249 g/mol. The molecule has 1 aliphatic heterocycles. The molecule has 0 saturated carbocycles. The summed E-state index contributed by atoms with van der Waals surface area (Å²) in [6, 6.07) is 8.26. The third kappa shape index (κ3) is 3.47. The van der Waals surface area contributed by atoms with E-state index in [9.17, 15) is 0 Å². The Morgan fingerprint density at radius 1 is 1.33 bits per heavy atom. The molecule has 1 unspecified atom stereocenters. The Labute approximate surface area is 109 Å². The van der Waals surface area contributed by atoms with Crippen LogP contribution in [0.1, 0.15) is 25.3 Å². The number of rotatable bonds is 7. The summed E-state index contributed by atoms with van der Waals surface area (Å²) >= 11 is 0. The number of hydrogen-bond donors (Lipinski definition) is 1. The number of ether oxygens (including phenoxy) is 1. The van der Waals surface area contributed by atoms with Gasteiger partial charge in [-0.2, -0.15) is 0 Å². The van der Waals surface area contributed by atoms with Gasteiger partial charge in [0.25, 0.3) is 0 Å². The maximum atomic E-state index is 9.10. The zero-order chi connectivity index (χ0) is 12.8. The first-order valence-electron chi connectivity index (χ1n) is 6.91. The van der Waals surface area contributed by atoms with Crippen molar-refractivity contribution < 1.29 is 9.84 Å². The summed E-state index contributed by atoms with van der Waals surface area (Å²) in [5.74, 6) is 1.03. The van der Waals surface area contributed by atoms with Gasteiger partial charge in [-0.15, -0.1) is 0 Å². The molecule has 3 nitrogen and oxygen atoms in total. The van der Waals surface area contributed by atoms with Crippen LogP contribution in [-0.2, 0) is 6.42 Å². The van der Waals surface area contributed by atoms with Gasteiger partial charge < -0.3 is 9.84 Å². The predicted molar refractivity (Wildman–Crippen MR) is 73.0 cm³/mol. The van der Waals surface area contributed by atoms with Crippen molar-refractivity contribution in [2.24, 2.45) is 0 Å². The second kappa shape index (κ2) is 6.76. The fraction of sp³-hybridized carbons (Fsp3) is 0.600. The molecular weight excluding hydrogens is 226 g/mol. The molecule has 2 rings (SSSR count). The van der Waals surface area contributed by atoms with Gasteiger partial charge in [0, 0.05) is 19.5 Å². The van der Waals surface area contributed by atoms with Crippen molar-refractivity contribution in [3.8, 4) is 5.75 Å². The molecule has 3 heteroatoms. The van der Waals surface area contributed by atoms with Crippen LogP contribution in [0, 0.1) is 0 Å². The maximum Gasteiger partial charge on any atom is 0.123 e. The first-order chi connectivity index (χ1) is 8.83. The summed E-state index contributed by atoms with van der Waals surface area (Å²) in [5.41, 5.74) is 1.31. The lowest BCUT2D eigenvalue weighted by molar-refractivity contribution is 0.128. The quantitative estimate of drug-likeness (QED) is 0.803. The third-order valence-corrected chi connectivity index (χ3v) is 3.42. The van der Waals surface area contributed by atoms with Gasteiger partial charge in [-0.25, -0.2) is 0 Å². The SMILES string of the molecule is CCCCN(CCO)CC1Cc2ccccc2O1. The second-order valence-corrected chi connectivity index (χ2v) is 4.93. The first-order valence-corrected chi connectivity index (χ1v) is 6.91. The lowest BCUT2D eigenvalue weighted by atomic mass is 10.1. The van der Waals surface area contributed by atoms with Gasteiger partial charge in [0.2, 0.25) is 0 Å². The maximum absolute atomic E-state index is 9.10. The van der Waals surface area contributed by atoms with Crippen LogP contribution in [0.2, 0.25) is 0 Å². The summed E-state index contributed by atoms with van der Waals surface area (Å²) in [5, 5.41) is 9.10. The highest BCUT2D eigenvalue weighted by Crippen LogP contribution is 2.28. The van der Waals surface area contributed by atoms with Crippen molar-refractivity contribution in [3.63, 3.8) is 0 Å². The van der Waals surface area contributed by atoms with Crippen LogP contribution in [0.5, 0.6) is 5.75 Å². The summed E-state index contributed by atoms with van der Waals surface area (Å²) in [6.45, 7) is 5.13. The molecule has 1 N–H and O–H groups in total. The molecule has 1 heterocycles. The lowest BCUT2D eigenvalue weighted by Gasteiger charge is -2.24. The number of unbranched alkanes of at least 4 members (excludes halogenated alkanes) is 1. The standard InChI is InChI=1S/C15H23NO2/c1-2-3-8-16(9-10-17)12-14-11-13-6-4-5-7-15(13)18-14/h4-7,14,17H,2-3,8-12H2,1H3. The van der Waals surface area contributed by atoms with Crippen molar-refractivity contribution in [1.29, 1.82) is 0 Å². The van der Waals surface area contributed by atoms with Crippen molar-refractivity contribution >= 4 is 0 Å². The van der Waals surface area contributed by atoms with Gasteiger partial charge in [0.15, 0.2) is 0 Å². The molecule has 0 saturated heterocycles. The van der Waals surface area contributed by atoms with Crippen molar-refractivity contribution in [3.05, 3.63) is 29.8 Å². The van der Waals surface area contributed by atoms with Crippen LogP contribution in [0.25, 0.3) is 0 Å². The third-order valence-electron chi connectivity index (χ3n) is 3.42. The Morgan fingerprint density at radius 3 is 2.89 bits per heavy atom. The van der Waals surface area contributed by atoms with E-state index in [-0.39, 0.29) is 12.7 Å². The average Bonchev–Trinajstić information content (AvgIpc) is 2.78. The Balaban J connectivity index is 1.86. The van der Waals surface area contributed by atoms with E-state index in [2.05, 4.69) is 24.0 Å². The van der Waals surface area contributed by atoms with Crippen LogP contribution in [0.3, 0.4) is 0 Å². The van der Waals surface area contributed by atoms with E-state index in [0.29, 0.717) is 0 Å². The fourth-order valence-corrected chi connectivity index (χ4v) is 2.46. The molecule has 18 heavy (non-hydrogen) atoms. The van der Waals surface area contributed by atoms with Gasteiger partial charge in [0.1, 0.15) is 11.9 Å². The second-order valence-electron chi connectivity index (χ2n) is 4.93. The molecule has 0 bridgehead atoms. The van der Waals surface area contributed by atoms with Crippen LogP contribution >= 0.6 is 0 Å². The zero-order valence-corrected chi connectivity index (χ0v) is 11.1. The molecular formula is C15H23NO2. The number of para-hydroxylation sites is 1. The summed E-state index contributed by atoms with van der Waals surface area (Å²) in [7, 11) is 0. The molecule has 0 spiro atoms. The Kier molecular flexibility index (Phi) is 5.02. The van der Waals surface area contributed by atoms with Gasteiger partial charge in [0.05, 0.1) is 6.61 Å². The molecule has 1 aliphatic rings. The molecule has 1 aromatic rings. The van der Waals surface area contributed by atoms with E-state index in [1.54, 1.807) is 0 Å². The van der Waals surface area contributed by atoms with E-state index >= 15 is 0 Å². The molecule has 0 radical (unpaired) electrons. The highest BCUT2D eigenvalue weighted by molar-refractivity contribution is 5.37. The smallest absolute Gasteiger partial charge is 0.123 e. The number of nitrogens with zero attached hydrogens (tertiary/aromatic N) is 1. The normalized spacial score (nSPS) is 17.8. The molecule has 0 amide bonds. The highest BCUT2D eigenvalue weighted by Gasteiger charge is 2.24. The minimum Gasteiger partial charge on any atom is -0.488 e. The number of aliphatic hydroxyl groups excluding tert-OH is 1. The van der Waals surface area contributed by atoms with E-state index in [0.717, 1.165) is 31.8 Å². The number of benzene rings is 1. The number of hydrogen-bond acceptors (Lipinski definition) is 3. The lowest BCUT2D eigenvalue weighted by Crippen LogP contribution is -2.37. The van der Waals surface area contributed by atoms with Crippen LogP contribution in [0.15, 0.2) is 24.3 Å². The van der Waals surface area contributed by atoms with E-state index < -0.39 is 0 Å². The number of aliphatic hydroxyl groups is 1. The first kappa shape index (κ1) is 13.4. The van der Waals surface area contributed by atoms with Crippen molar-refractivity contribution in [2.45, 2.75) is 32.3 Å². The zero-order valence-electron chi connectivity index (χ0n) is 11.1. The van der Waals surface area contributed by atoms with Crippen LogP contribution in [0.4, 0.5) is 0 Å². The largest absolute Gasteiger partial charge is 0.488 e. The van der Waals surface area contributed by atoms with Gasteiger partial charge in [-0.3, -0.25) is 4.90 Å². The van der Waals surface area contributed by atoms with Crippen LogP contribution in [-0.4, -0.2) is 42.4 Å². The minimum atomic E-state index is 0.226. The molecule has 0 aromatic heterocycles. The van der Waals surface area contributed by atoms with E-state index in [4.69, 9.17) is 9.84 Å². The molecule has 0 fully saturated rings. The number of fused-ring (bicyclic) bond motifs is 1. The van der Waals surface area contributed by atoms with E-state index in [1.165, 1.54) is 18.4 Å². The summed E-state index contributed by atoms with van der Waals surface area (Å²) in [6.07, 6.45) is 3.60. The van der Waals surface area contributed by atoms with Gasteiger partial charge in [-0.05, 0) is 24.6 Å². The molecule has 0 aliphatic carbocycles. The minimum absolute atomic E-state index is 0.226. The Hall–Kier alpha value is -1.06. The Morgan fingerprint density at radius 2 is 2.17 bits per heavy atom. The molecule has 1 atom stereocenters.